The molecule has 0 rings (SSSR count). The number of carbonyl (C=O) groups excluding carboxylic acids is 1. The van der Waals surface area contributed by atoms with Crippen LogP contribution in [-0.4, -0.2) is 22.3 Å². The molecule has 0 aliphatic heterocycles. The molecule has 0 radical (unpaired) electrons. The molecule has 3 nitrogen and oxygen atoms in total. The third-order valence-corrected chi connectivity index (χ3v) is 1.55. The van der Waals surface area contributed by atoms with E-state index < -0.39 is 11.7 Å². The number of Topliss-reactive ketones (excluding diaryl/α,β-unsaturated/α-hetero) is 1. The fourth-order valence-corrected chi connectivity index (χ4v) is 0.182. The molecule has 9 heavy (non-hydrogen) atoms. The van der Waals surface area contributed by atoms with Gasteiger partial charge in [0.1, 0.15) is 5.78 Å². The molecule has 0 fully saturated rings. The van der Waals surface area contributed by atoms with Gasteiger partial charge in [0, 0.05) is 0 Å². The quantitative estimate of drug-likeness (QED) is 0.516. The maximum absolute atomic E-state index is 10.6. The number of ketones is 1. The summed E-state index contributed by atoms with van der Waals surface area (Å²) in [6.45, 7) is 4.30. The Morgan fingerprint density at radius 2 is 1.78 bits per heavy atom. The zero-order valence-corrected chi connectivity index (χ0v) is 5.88. The van der Waals surface area contributed by atoms with Gasteiger partial charge in [-0.25, -0.2) is 0 Å². The minimum Gasteiger partial charge on any atom is -0.367 e. The summed E-state index contributed by atoms with van der Waals surface area (Å²) >= 11 is 0. The number of aliphatic hydroxyl groups excluding tert-OH is 1. The monoisotopic (exact) mass is 132 g/mol. The normalized spacial score (nSPS) is 12.2. The van der Waals surface area contributed by atoms with Crippen LogP contribution < -0.4 is 0 Å². The average molecular weight is 132 g/mol. The number of hydrogen-bond acceptors (Lipinski definition) is 3. The van der Waals surface area contributed by atoms with Crippen LogP contribution in [0.5, 0.6) is 0 Å². The predicted octanol–water partition coefficient (Wildman–Crippen LogP) is -0.0877. The van der Waals surface area contributed by atoms with Gasteiger partial charge in [-0.1, -0.05) is 0 Å². The van der Waals surface area contributed by atoms with Gasteiger partial charge in [-0.15, -0.1) is 0 Å². The van der Waals surface area contributed by atoms with Gasteiger partial charge in [0.05, 0.1) is 5.41 Å². The second-order valence-corrected chi connectivity index (χ2v) is 2.65. The summed E-state index contributed by atoms with van der Waals surface area (Å²) in [7, 11) is 0. The molecule has 3 heteroatoms. The first-order valence-electron chi connectivity index (χ1n) is 2.76. The van der Waals surface area contributed by atoms with E-state index in [-0.39, 0.29) is 5.78 Å². The largest absolute Gasteiger partial charge is 0.367 e. The molecule has 0 bridgehead atoms. The van der Waals surface area contributed by atoms with Gasteiger partial charge in [0.25, 0.3) is 0 Å². The van der Waals surface area contributed by atoms with Gasteiger partial charge >= 0.3 is 0 Å². The Morgan fingerprint density at radius 1 is 1.44 bits per heavy atom. The first-order chi connectivity index (χ1) is 3.89. The molecular formula is C6H12O3. The van der Waals surface area contributed by atoms with Gasteiger partial charge in [-0.2, -0.15) is 0 Å². The van der Waals surface area contributed by atoms with Crippen LogP contribution in [0.1, 0.15) is 20.8 Å². The highest BCUT2D eigenvalue weighted by Crippen LogP contribution is 2.19. The van der Waals surface area contributed by atoms with Crippen molar-refractivity contribution in [2.75, 3.05) is 0 Å². The van der Waals surface area contributed by atoms with Crippen LogP contribution in [0.25, 0.3) is 0 Å². The van der Waals surface area contributed by atoms with Crippen LogP contribution >= 0.6 is 0 Å². The predicted molar refractivity (Wildman–Crippen MR) is 32.7 cm³/mol. The Balaban J connectivity index is 4.19. The highest BCUT2D eigenvalue weighted by Gasteiger charge is 2.30. The summed E-state index contributed by atoms with van der Waals surface area (Å²) in [5.74, 6) is -0.225. The van der Waals surface area contributed by atoms with Gasteiger partial charge in [-0.3, -0.25) is 4.79 Å². The number of rotatable bonds is 2. The molecule has 0 heterocycles. The fourth-order valence-electron chi connectivity index (χ4n) is 0.182. The lowest BCUT2D eigenvalue weighted by Gasteiger charge is -2.22. The molecule has 0 spiro atoms. The summed E-state index contributed by atoms with van der Waals surface area (Å²) in [5, 5.41) is 17.2. The van der Waals surface area contributed by atoms with Crippen molar-refractivity contribution in [1.82, 2.24) is 0 Å². The molecule has 0 aromatic rings. The van der Waals surface area contributed by atoms with Crippen molar-refractivity contribution in [3.8, 4) is 0 Å². The van der Waals surface area contributed by atoms with E-state index in [1.807, 2.05) is 0 Å². The van der Waals surface area contributed by atoms with Crippen LogP contribution in [-0.2, 0) is 4.79 Å². The molecular weight excluding hydrogens is 120 g/mol. The Morgan fingerprint density at radius 3 is 1.78 bits per heavy atom. The summed E-state index contributed by atoms with van der Waals surface area (Å²) < 4.78 is 0. The summed E-state index contributed by atoms with van der Waals surface area (Å²) in [6, 6.07) is 0. The Hall–Kier alpha value is -0.410. The molecule has 0 saturated heterocycles. The third-order valence-electron chi connectivity index (χ3n) is 1.55. The van der Waals surface area contributed by atoms with Gasteiger partial charge in [0.15, 0.2) is 6.29 Å². The molecule has 54 valence electrons. The first kappa shape index (κ1) is 8.59. The van der Waals surface area contributed by atoms with E-state index in [1.54, 1.807) is 0 Å². The molecule has 0 saturated carbocycles. The number of aliphatic hydroxyl groups is 2. The Kier molecular flexibility index (Phi) is 2.34. The van der Waals surface area contributed by atoms with E-state index in [9.17, 15) is 4.79 Å². The van der Waals surface area contributed by atoms with Crippen molar-refractivity contribution in [3.63, 3.8) is 0 Å². The lowest BCUT2D eigenvalue weighted by Crippen LogP contribution is -2.35. The fraction of sp³-hybridized carbons (Fsp3) is 0.833. The summed E-state index contributed by atoms with van der Waals surface area (Å²) in [5.41, 5.74) is -1.03. The molecule has 0 aromatic heterocycles. The average Bonchev–Trinajstić information content (AvgIpc) is 1.65. The molecule has 0 atom stereocenters. The molecule has 0 aliphatic carbocycles. The zero-order chi connectivity index (χ0) is 7.65. The lowest BCUT2D eigenvalue weighted by molar-refractivity contribution is -0.153. The highest BCUT2D eigenvalue weighted by molar-refractivity contribution is 5.81. The second-order valence-electron chi connectivity index (χ2n) is 2.65. The molecule has 0 aliphatic rings. The van der Waals surface area contributed by atoms with Crippen molar-refractivity contribution in [3.05, 3.63) is 0 Å². The van der Waals surface area contributed by atoms with Crippen LogP contribution in [0.4, 0.5) is 0 Å². The SMILES string of the molecule is CC(=O)C(C)(C)C(O)O. The summed E-state index contributed by atoms with van der Waals surface area (Å²) in [4.78, 5) is 10.6. The van der Waals surface area contributed by atoms with Crippen LogP contribution in [0, 0.1) is 5.41 Å². The minimum atomic E-state index is -1.56. The van der Waals surface area contributed by atoms with Crippen molar-refractivity contribution in [2.45, 2.75) is 27.1 Å². The summed E-state index contributed by atoms with van der Waals surface area (Å²) in [6.07, 6.45) is -1.56. The number of hydrogen-bond donors (Lipinski definition) is 2. The maximum Gasteiger partial charge on any atom is 0.163 e. The van der Waals surface area contributed by atoms with Gasteiger partial charge < -0.3 is 10.2 Å². The first-order valence-corrected chi connectivity index (χ1v) is 2.76. The van der Waals surface area contributed by atoms with Crippen molar-refractivity contribution < 1.29 is 15.0 Å². The van der Waals surface area contributed by atoms with Crippen LogP contribution in [0.2, 0.25) is 0 Å². The Bertz CT molecular complexity index is 115. The lowest BCUT2D eigenvalue weighted by atomic mass is 9.88. The maximum atomic E-state index is 10.6. The van der Waals surface area contributed by atoms with Gasteiger partial charge in [-0.05, 0) is 20.8 Å². The van der Waals surface area contributed by atoms with E-state index in [0.717, 1.165) is 0 Å². The van der Waals surface area contributed by atoms with Crippen molar-refractivity contribution in [2.24, 2.45) is 5.41 Å². The smallest absolute Gasteiger partial charge is 0.163 e. The van der Waals surface area contributed by atoms with Crippen molar-refractivity contribution in [1.29, 1.82) is 0 Å². The standard InChI is InChI=1S/C6H12O3/c1-4(7)6(2,3)5(8)9/h5,8-9H,1-3H3. The molecule has 0 unspecified atom stereocenters. The molecule has 0 aromatic carbocycles. The minimum absolute atomic E-state index is 0.225. The molecule has 0 amide bonds. The Labute approximate surface area is 54.3 Å². The van der Waals surface area contributed by atoms with E-state index in [0.29, 0.717) is 0 Å². The molecule has 2 N–H and O–H groups in total. The van der Waals surface area contributed by atoms with Gasteiger partial charge in [0.2, 0.25) is 0 Å². The van der Waals surface area contributed by atoms with E-state index in [1.165, 1.54) is 20.8 Å². The van der Waals surface area contributed by atoms with E-state index in [4.69, 9.17) is 10.2 Å². The zero-order valence-electron chi connectivity index (χ0n) is 5.88. The van der Waals surface area contributed by atoms with Crippen LogP contribution in [0.3, 0.4) is 0 Å². The third kappa shape index (κ3) is 1.77. The topological polar surface area (TPSA) is 57.5 Å². The van der Waals surface area contributed by atoms with Crippen molar-refractivity contribution >= 4 is 5.78 Å². The van der Waals surface area contributed by atoms with Crippen LogP contribution in [0.15, 0.2) is 0 Å². The van der Waals surface area contributed by atoms with E-state index in [2.05, 4.69) is 0 Å². The second kappa shape index (κ2) is 2.45. The number of carbonyl (C=O) groups is 1. The van der Waals surface area contributed by atoms with E-state index >= 15 is 0 Å². The highest BCUT2D eigenvalue weighted by atomic mass is 16.5.